The Kier molecular flexibility index (Phi) is 6.36. The van der Waals surface area contributed by atoms with Crippen molar-refractivity contribution in [3.63, 3.8) is 0 Å². The number of rotatable bonds is 6. The number of benzene rings is 2. The summed E-state index contributed by atoms with van der Waals surface area (Å²) in [5, 5.41) is 15.0. The van der Waals surface area contributed by atoms with E-state index in [1.807, 2.05) is 6.07 Å². The number of ketones is 1. The molecule has 26 heavy (non-hydrogen) atoms. The van der Waals surface area contributed by atoms with Crippen LogP contribution in [0, 0.1) is 11.3 Å². The van der Waals surface area contributed by atoms with Crippen molar-refractivity contribution in [1.82, 2.24) is 0 Å². The molecular weight excluding hydrogens is 354 g/mol. The lowest BCUT2D eigenvalue weighted by Crippen LogP contribution is -2.14. The molecule has 0 aliphatic heterocycles. The Morgan fingerprint density at radius 3 is 2.35 bits per heavy atom. The van der Waals surface area contributed by atoms with E-state index in [0.717, 1.165) is 0 Å². The molecule has 0 spiro atoms. The maximum absolute atomic E-state index is 12.2. The van der Waals surface area contributed by atoms with E-state index in [-0.39, 0.29) is 11.4 Å². The van der Waals surface area contributed by atoms with Crippen molar-refractivity contribution in [3.8, 4) is 11.8 Å². The van der Waals surface area contributed by atoms with E-state index in [1.54, 1.807) is 42.5 Å². The van der Waals surface area contributed by atoms with Crippen LogP contribution in [0.5, 0.6) is 5.75 Å². The van der Waals surface area contributed by atoms with Gasteiger partial charge in [0.1, 0.15) is 17.4 Å². The molecule has 0 unspecified atom stereocenters. The highest BCUT2D eigenvalue weighted by Gasteiger charge is 2.10. The Bertz CT molecular complexity index is 899. The molecule has 0 aliphatic rings. The number of hydrogen-bond donors (Lipinski definition) is 2. The molecule has 2 rings (SSSR count). The van der Waals surface area contributed by atoms with Gasteiger partial charge >= 0.3 is 0 Å². The smallest absolute Gasteiger partial charge is 0.267 e. The molecule has 0 saturated heterocycles. The molecular formula is C19H16ClN3O3. The van der Waals surface area contributed by atoms with Crippen molar-refractivity contribution in [2.24, 2.45) is 0 Å². The number of halogens is 1. The molecule has 0 atom stereocenters. The van der Waals surface area contributed by atoms with Gasteiger partial charge in [0.25, 0.3) is 5.91 Å². The number of carbonyl (C=O) groups excluding carboxylic acids is 2. The van der Waals surface area contributed by atoms with Crippen molar-refractivity contribution in [2.45, 2.75) is 6.92 Å². The minimum atomic E-state index is -0.574. The average molecular weight is 370 g/mol. The maximum atomic E-state index is 12.2. The van der Waals surface area contributed by atoms with E-state index >= 15 is 0 Å². The highest BCUT2D eigenvalue weighted by atomic mass is 35.5. The van der Waals surface area contributed by atoms with Gasteiger partial charge in [0.2, 0.25) is 0 Å². The van der Waals surface area contributed by atoms with E-state index in [0.29, 0.717) is 27.7 Å². The number of amides is 1. The second-order valence-corrected chi connectivity index (χ2v) is 5.66. The first kappa shape index (κ1) is 19.0. The molecule has 0 saturated carbocycles. The van der Waals surface area contributed by atoms with Gasteiger partial charge in [-0.05, 0) is 49.4 Å². The lowest BCUT2D eigenvalue weighted by molar-refractivity contribution is -0.112. The number of anilines is 2. The molecule has 0 bridgehead atoms. The number of carbonyl (C=O) groups is 2. The normalized spacial score (nSPS) is 10.6. The number of ether oxygens (including phenoxy) is 1. The fourth-order valence-electron chi connectivity index (χ4n) is 2.05. The van der Waals surface area contributed by atoms with Gasteiger partial charge in [-0.3, -0.25) is 9.59 Å². The summed E-state index contributed by atoms with van der Waals surface area (Å²) in [6.07, 6.45) is 1.29. The van der Waals surface area contributed by atoms with Gasteiger partial charge in [0, 0.05) is 23.1 Å². The van der Waals surface area contributed by atoms with Crippen LogP contribution in [0.4, 0.5) is 11.4 Å². The van der Waals surface area contributed by atoms with Crippen LogP contribution >= 0.6 is 11.6 Å². The Morgan fingerprint density at radius 2 is 1.81 bits per heavy atom. The molecule has 0 aromatic heterocycles. The average Bonchev–Trinajstić information content (AvgIpc) is 2.62. The van der Waals surface area contributed by atoms with Gasteiger partial charge in [-0.1, -0.05) is 11.6 Å². The molecule has 7 heteroatoms. The summed E-state index contributed by atoms with van der Waals surface area (Å²) in [4.78, 5) is 23.4. The van der Waals surface area contributed by atoms with Crippen molar-refractivity contribution in [1.29, 1.82) is 5.26 Å². The summed E-state index contributed by atoms with van der Waals surface area (Å²) in [7, 11) is 1.51. The molecule has 0 heterocycles. The maximum Gasteiger partial charge on any atom is 0.267 e. The van der Waals surface area contributed by atoms with Gasteiger partial charge in [-0.15, -0.1) is 0 Å². The molecule has 2 aromatic carbocycles. The Balaban J connectivity index is 2.08. The first-order valence-corrected chi connectivity index (χ1v) is 7.95. The third kappa shape index (κ3) is 4.85. The SMILES string of the molecule is COc1ccc(N/C=C(/C#N)C(=O)Nc2ccc(C(C)=O)cc2)cc1Cl. The lowest BCUT2D eigenvalue weighted by Gasteiger charge is -2.07. The van der Waals surface area contributed by atoms with E-state index in [9.17, 15) is 14.9 Å². The number of nitriles is 1. The summed E-state index contributed by atoms with van der Waals surface area (Å²) in [6, 6.07) is 13.2. The highest BCUT2D eigenvalue weighted by molar-refractivity contribution is 6.32. The van der Waals surface area contributed by atoms with Crippen LogP contribution in [0.25, 0.3) is 0 Å². The molecule has 1 amide bonds. The van der Waals surface area contributed by atoms with E-state index in [2.05, 4.69) is 10.6 Å². The van der Waals surface area contributed by atoms with Crippen LogP contribution in [0.2, 0.25) is 5.02 Å². The predicted molar refractivity (Wildman–Crippen MR) is 100 cm³/mol. The molecule has 2 aromatic rings. The van der Waals surface area contributed by atoms with Crippen LogP contribution in [-0.2, 0) is 4.79 Å². The fraction of sp³-hybridized carbons (Fsp3) is 0.105. The molecule has 132 valence electrons. The molecule has 0 radical (unpaired) electrons. The number of methoxy groups -OCH3 is 1. The highest BCUT2D eigenvalue weighted by Crippen LogP contribution is 2.27. The van der Waals surface area contributed by atoms with Crippen molar-refractivity contribution < 1.29 is 14.3 Å². The predicted octanol–water partition coefficient (Wildman–Crippen LogP) is 4.01. The van der Waals surface area contributed by atoms with E-state index in [1.165, 1.54) is 20.2 Å². The Labute approximate surface area is 156 Å². The number of Topliss-reactive ketones (excluding diaryl/α,β-unsaturated/α-hetero) is 1. The minimum absolute atomic E-state index is 0.0668. The first-order valence-electron chi connectivity index (χ1n) is 7.57. The molecule has 2 N–H and O–H groups in total. The van der Waals surface area contributed by atoms with Crippen LogP contribution in [0.1, 0.15) is 17.3 Å². The van der Waals surface area contributed by atoms with Gasteiger partial charge in [0.15, 0.2) is 5.78 Å². The first-order chi connectivity index (χ1) is 12.4. The summed E-state index contributed by atoms with van der Waals surface area (Å²) >= 11 is 6.03. The topological polar surface area (TPSA) is 91.2 Å². The van der Waals surface area contributed by atoms with Crippen LogP contribution in [0.3, 0.4) is 0 Å². The molecule has 6 nitrogen and oxygen atoms in total. The third-order valence-corrected chi connectivity index (χ3v) is 3.74. The second-order valence-electron chi connectivity index (χ2n) is 5.25. The van der Waals surface area contributed by atoms with E-state index < -0.39 is 5.91 Å². The molecule has 0 fully saturated rings. The Morgan fingerprint density at radius 1 is 1.15 bits per heavy atom. The van der Waals surface area contributed by atoms with Crippen molar-refractivity contribution in [3.05, 3.63) is 64.8 Å². The number of nitrogens with one attached hydrogen (secondary N) is 2. The fourth-order valence-corrected chi connectivity index (χ4v) is 2.30. The van der Waals surface area contributed by atoms with Crippen molar-refractivity contribution >= 4 is 34.7 Å². The zero-order valence-corrected chi connectivity index (χ0v) is 14.9. The van der Waals surface area contributed by atoms with Gasteiger partial charge < -0.3 is 15.4 Å². The van der Waals surface area contributed by atoms with Gasteiger partial charge in [-0.2, -0.15) is 5.26 Å². The minimum Gasteiger partial charge on any atom is -0.495 e. The van der Waals surface area contributed by atoms with Crippen molar-refractivity contribution in [2.75, 3.05) is 17.7 Å². The van der Waals surface area contributed by atoms with Gasteiger partial charge in [0.05, 0.1) is 12.1 Å². The number of nitrogens with zero attached hydrogens (tertiary/aromatic N) is 1. The van der Waals surface area contributed by atoms with Gasteiger partial charge in [-0.25, -0.2) is 0 Å². The molecule has 0 aliphatic carbocycles. The van der Waals surface area contributed by atoms with Crippen LogP contribution in [-0.4, -0.2) is 18.8 Å². The van der Waals surface area contributed by atoms with Crippen LogP contribution in [0.15, 0.2) is 54.2 Å². The van der Waals surface area contributed by atoms with Crippen LogP contribution < -0.4 is 15.4 Å². The zero-order valence-electron chi connectivity index (χ0n) is 14.2. The monoisotopic (exact) mass is 369 g/mol. The lowest BCUT2D eigenvalue weighted by atomic mass is 10.1. The summed E-state index contributed by atoms with van der Waals surface area (Å²) in [5.41, 5.74) is 1.50. The standard InChI is InChI=1S/C19H16ClN3O3/c1-12(24)13-3-5-15(6-4-13)23-19(25)14(10-21)11-22-16-7-8-18(26-2)17(20)9-16/h3-9,11,22H,1-2H3,(H,23,25)/b14-11-. The number of hydrogen-bond acceptors (Lipinski definition) is 5. The summed E-state index contributed by atoms with van der Waals surface area (Å²) < 4.78 is 5.06. The third-order valence-electron chi connectivity index (χ3n) is 3.45. The zero-order chi connectivity index (χ0) is 19.1. The Hall–Kier alpha value is -3.30. The van der Waals surface area contributed by atoms with E-state index in [4.69, 9.17) is 16.3 Å². The largest absolute Gasteiger partial charge is 0.495 e. The quantitative estimate of drug-likeness (QED) is 0.456. The summed E-state index contributed by atoms with van der Waals surface area (Å²) in [6.45, 7) is 1.46. The second kappa shape index (κ2) is 8.70. The summed E-state index contributed by atoms with van der Waals surface area (Å²) in [5.74, 6) is -0.119.